The SMILES string of the molecule is CC(=O)Nc1ccc2c(COC(=O)[C@H]3CCCN(C(=O)c4ccc(Cl)cc4)C3)cc(=O)oc2c1. The van der Waals surface area contributed by atoms with Gasteiger partial charge in [-0.15, -0.1) is 0 Å². The Balaban J connectivity index is 1.43. The van der Waals surface area contributed by atoms with Crippen LogP contribution < -0.4 is 10.9 Å². The molecular formula is C25H23ClN2O6. The van der Waals surface area contributed by atoms with Crippen molar-refractivity contribution in [2.75, 3.05) is 18.4 Å². The van der Waals surface area contributed by atoms with E-state index in [0.29, 0.717) is 46.6 Å². The maximum atomic E-state index is 12.8. The smallest absolute Gasteiger partial charge is 0.336 e. The summed E-state index contributed by atoms with van der Waals surface area (Å²) in [5.74, 6) is -1.29. The van der Waals surface area contributed by atoms with Crippen LogP contribution in [0.2, 0.25) is 5.02 Å². The summed E-state index contributed by atoms with van der Waals surface area (Å²) < 4.78 is 10.8. The van der Waals surface area contributed by atoms with E-state index in [9.17, 15) is 19.2 Å². The summed E-state index contributed by atoms with van der Waals surface area (Å²) in [4.78, 5) is 50.5. The highest BCUT2D eigenvalue weighted by Gasteiger charge is 2.30. The van der Waals surface area contributed by atoms with Crippen molar-refractivity contribution in [3.05, 3.63) is 75.1 Å². The fourth-order valence-electron chi connectivity index (χ4n) is 4.03. The zero-order chi connectivity index (χ0) is 24.2. The van der Waals surface area contributed by atoms with Gasteiger partial charge in [0.15, 0.2) is 0 Å². The third-order valence-corrected chi connectivity index (χ3v) is 5.91. The number of nitrogens with zero attached hydrogens (tertiary/aromatic N) is 1. The van der Waals surface area contributed by atoms with Crippen LogP contribution in [0.4, 0.5) is 5.69 Å². The predicted molar refractivity (Wildman–Crippen MR) is 127 cm³/mol. The first kappa shape index (κ1) is 23.5. The van der Waals surface area contributed by atoms with Gasteiger partial charge in [-0.3, -0.25) is 14.4 Å². The number of esters is 1. The lowest BCUT2D eigenvalue weighted by Crippen LogP contribution is -2.42. The molecular weight excluding hydrogens is 460 g/mol. The number of rotatable bonds is 5. The van der Waals surface area contributed by atoms with Gasteiger partial charge in [-0.25, -0.2) is 4.79 Å². The number of halogens is 1. The molecule has 176 valence electrons. The summed E-state index contributed by atoms with van der Waals surface area (Å²) in [7, 11) is 0. The zero-order valence-electron chi connectivity index (χ0n) is 18.5. The maximum Gasteiger partial charge on any atom is 0.336 e. The number of anilines is 1. The van der Waals surface area contributed by atoms with Crippen LogP contribution in [-0.4, -0.2) is 35.8 Å². The Morgan fingerprint density at radius 2 is 1.91 bits per heavy atom. The van der Waals surface area contributed by atoms with Gasteiger partial charge in [0, 0.05) is 59.4 Å². The van der Waals surface area contributed by atoms with E-state index in [0.717, 1.165) is 0 Å². The Hall–Kier alpha value is -3.65. The number of carbonyl (C=O) groups excluding carboxylic acids is 3. The van der Waals surface area contributed by atoms with Crippen molar-refractivity contribution in [3.63, 3.8) is 0 Å². The van der Waals surface area contributed by atoms with Crippen LogP contribution in [0.15, 0.2) is 57.7 Å². The molecule has 0 spiro atoms. The molecule has 0 bridgehead atoms. The number of nitrogens with one attached hydrogen (secondary N) is 1. The van der Waals surface area contributed by atoms with Crippen molar-refractivity contribution >= 4 is 46.0 Å². The Bertz CT molecular complexity index is 1300. The van der Waals surface area contributed by atoms with Crippen molar-refractivity contribution in [2.24, 2.45) is 5.92 Å². The molecule has 1 aromatic heterocycles. The first-order valence-corrected chi connectivity index (χ1v) is 11.2. The number of piperidine rings is 1. The van der Waals surface area contributed by atoms with E-state index in [1.54, 1.807) is 47.4 Å². The van der Waals surface area contributed by atoms with Gasteiger partial charge < -0.3 is 19.4 Å². The van der Waals surface area contributed by atoms with Gasteiger partial charge in [0.05, 0.1) is 5.92 Å². The van der Waals surface area contributed by atoms with E-state index in [2.05, 4.69) is 5.32 Å². The van der Waals surface area contributed by atoms with Crippen LogP contribution in [0, 0.1) is 5.92 Å². The molecule has 9 heteroatoms. The predicted octanol–water partition coefficient (Wildman–Crippen LogP) is 4.00. The van der Waals surface area contributed by atoms with Crippen LogP contribution >= 0.6 is 11.6 Å². The highest BCUT2D eigenvalue weighted by atomic mass is 35.5. The minimum atomic E-state index is -0.587. The molecule has 1 aliphatic rings. The number of benzene rings is 2. The van der Waals surface area contributed by atoms with Gasteiger partial charge in [-0.1, -0.05) is 11.6 Å². The minimum Gasteiger partial charge on any atom is -0.461 e. The molecule has 1 fully saturated rings. The lowest BCUT2D eigenvalue weighted by atomic mass is 9.97. The number of hydrogen-bond acceptors (Lipinski definition) is 6. The van der Waals surface area contributed by atoms with E-state index in [1.165, 1.54) is 13.0 Å². The molecule has 1 N–H and O–H groups in total. The second-order valence-corrected chi connectivity index (χ2v) is 8.62. The Kier molecular flexibility index (Phi) is 6.98. The third kappa shape index (κ3) is 5.46. The van der Waals surface area contributed by atoms with Crippen LogP contribution in [0.25, 0.3) is 11.0 Å². The van der Waals surface area contributed by atoms with E-state index < -0.39 is 17.5 Å². The lowest BCUT2D eigenvalue weighted by Gasteiger charge is -2.31. The van der Waals surface area contributed by atoms with Crippen LogP contribution in [0.5, 0.6) is 0 Å². The maximum absolute atomic E-state index is 12.8. The van der Waals surface area contributed by atoms with E-state index in [1.807, 2.05) is 0 Å². The molecule has 3 aromatic rings. The molecule has 0 radical (unpaired) electrons. The van der Waals surface area contributed by atoms with Crippen molar-refractivity contribution < 1.29 is 23.5 Å². The molecule has 0 aliphatic carbocycles. The van der Waals surface area contributed by atoms with Crippen molar-refractivity contribution in [1.82, 2.24) is 4.90 Å². The fourth-order valence-corrected chi connectivity index (χ4v) is 4.15. The summed E-state index contributed by atoms with van der Waals surface area (Å²) in [5, 5.41) is 3.78. The molecule has 34 heavy (non-hydrogen) atoms. The average Bonchev–Trinajstić information content (AvgIpc) is 2.81. The molecule has 2 amide bonds. The molecule has 1 atom stereocenters. The Morgan fingerprint density at radius 1 is 1.15 bits per heavy atom. The number of hydrogen-bond donors (Lipinski definition) is 1. The lowest BCUT2D eigenvalue weighted by molar-refractivity contribution is -0.151. The summed E-state index contributed by atoms with van der Waals surface area (Å²) >= 11 is 5.90. The molecule has 1 saturated heterocycles. The molecule has 0 unspecified atom stereocenters. The monoisotopic (exact) mass is 482 g/mol. The van der Waals surface area contributed by atoms with Crippen LogP contribution in [0.3, 0.4) is 0 Å². The average molecular weight is 483 g/mol. The Labute approximate surface area is 200 Å². The molecule has 8 nitrogen and oxygen atoms in total. The number of amides is 2. The van der Waals surface area contributed by atoms with Crippen molar-refractivity contribution in [3.8, 4) is 0 Å². The zero-order valence-corrected chi connectivity index (χ0v) is 19.3. The number of carbonyl (C=O) groups is 3. The third-order valence-electron chi connectivity index (χ3n) is 5.65. The largest absolute Gasteiger partial charge is 0.461 e. The normalized spacial score (nSPS) is 15.7. The van der Waals surface area contributed by atoms with Crippen LogP contribution in [0.1, 0.15) is 35.7 Å². The molecule has 2 aromatic carbocycles. The van der Waals surface area contributed by atoms with Gasteiger partial charge in [0.2, 0.25) is 5.91 Å². The van der Waals surface area contributed by atoms with Crippen molar-refractivity contribution in [1.29, 1.82) is 0 Å². The highest BCUT2D eigenvalue weighted by molar-refractivity contribution is 6.30. The number of fused-ring (bicyclic) bond motifs is 1. The summed E-state index contributed by atoms with van der Waals surface area (Å²) in [6, 6.07) is 12.8. The Morgan fingerprint density at radius 3 is 2.65 bits per heavy atom. The van der Waals surface area contributed by atoms with E-state index in [-0.39, 0.29) is 30.5 Å². The fraction of sp³-hybridized carbons (Fsp3) is 0.280. The quantitative estimate of drug-likeness (QED) is 0.435. The topological polar surface area (TPSA) is 106 Å². The number of likely N-dealkylation sites (tertiary alicyclic amines) is 1. The molecule has 4 rings (SSSR count). The standard InChI is InChI=1S/C25H23ClN2O6/c1-15(29)27-20-8-9-21-18(11-23(30)34-22(21)12-20)14-33-25(32)17-3-2-10-28(13-17)24(31)16-4-6-19(26)7-5-16/h4-9,11-12,17H,2-3,10,13-14H2,1H3,(H,27,29)/t17-/m0/s1. The van der Waals surface area contributed by atoms with Gasteiger partial charge >= 0.3 is 11.6 Å². The molecule has 0 saturated carbocycles. The van der Waals surface area contributed by atoms with Crippen LogP contribution in [-0.2, 0) is 20.9 Å². The second kappa shape index (κ2) is 10.1. The highest BCUT2D eigenvalue weighted by Crippen LogP contribution is 2.24. The first-order valence-electron chi connectivity index (χ1n) is 10.9. The summed E-state index contributed by atoms with van der Waals surface area (Å²) in [6.07, 6.45) is 1.30. The van der Waals surface area contributed by atoms with E-state index >= 15 is 0 Å². The minimum absolute atomic E-state index is 0.109. The van der Waals surface area contributed by atoms with Gasteiger partial charge in [-0.2, -0.15) is 0 Å². The summed E-state index contributed by atoms with van der Waals surface area (Å²) in [6.45, 7) is 2.10. The summed E-state index contributed by atoms with van der Waals surface area (Å²) in [5.41, 5.74) is 1.20. The van der Waals surface area contributed by atoms with Gasteiger partial charge in [-0.05, 0) is 49.2 Å². The number of ether oxygens (including phenoxy) is 1. The van der Waals surface area contributed by atoms with E-state index in [4.69, 9.17) is 20.8 Å². The molecule has 2 heterocycles. The first-order chi connectivity index (χ1) is 16.3. The molecule has 1 aliphatic heterocycles. The van der Waals surface area contributed by atoms with Gasteiger partial charge in [0.25, 0.3) is 5.91 Å². The van der Waals surface area contributed by atoms with Crippen molar-refractivity contribution in [2.45, 2.75) is 26.4 Å². The van der Waals surface area contributed by atoms with Gasteiger partial charge in [0.1, 0.15) is 12.2 Å². The second-order valence-electron chi connectivity index (χ2n) is 8.19.